The van der Waals surface area contributed by atoms with E-state index >= 15 is 0 Å². The molecule has 7 heteroatoms. The molecule has 30 heavy (non-hydrogen) atoms. The number of imidazole rings is 1. The molecular weight excluding hydrogens is 396 g/mol. The van der Waals surface area contributed by atoms with Gasteiger partial charge in [0.1, 0.15) is 0 Å². The van der Waals surface area contributed by atoms with Crippen molar-refractivity contribution in [2.24, 2.45) is 0 Å². The topological polar surface area (TPSA) is 59.4 Å². The van der Waals surface area contributed by atoms with E-state index in [0.717, 1.165) is 47.2 Å². The van der Waals surface area contributed by atoms with Gasteiger partial charge in [-0.3, -0.25) is 4.79 Å². The summed E-state index contributed by atoms with van der Waals surface area (Å²) >= 11 is 1.47. The Morgan fingerprint density at radius 2 is 1.83 bits per heavy atom. The highest BCUT2D eigenvalue weighted by Crippen LogP contribution is 2.25. The fourth-order valence-electron chi connectivity index (χ4n) is 3.94. The molecule has 1 fully saturated rings. The number of amides is 1. The summed E-state index contributed by atoms with van der Waals surface area (Å²) in [5, 5.41) is 3.87. The lowest BCUT2D eigenvalue weighted by Gasteiger charge is -2.36. The highest BCUT2D eigenvalue weighted by molar-refractivity contribution is 7.99. The number of thioether (sulfide) groups is 1. The molecule has 1 aromatic heterocycles. The summed E-state index contributed by atoms with van der Waals surface area (Å²) in [6.45, 7) is 8.88. The van der Waals surface area contributed by atoms with Crippen LogP contribution < -0.4 is 10.2 Å². The first-order valence-corrected chi connectivity index (χ1v) is 11.4. The van der Waals surface area contributed by atoms with Crippen molar-refractivity contribution in [3.05, 3.63) is 48.5 Å². The Labute approximate surface area is 181 Å². The van der Waals surface area contributed by atoms with E-state index in [1.165, 1.54) is 11.8 Å². The van der Waals surface area contributed by atoms with Crippen LogP contribution in [-0.2, 0) is 16.1 Å². The van der Waals surface area contributed by atoms with E-state index in [1.54, 1.807) is 0 Å². The van der Waals surface area contributed by atoms with E-state index in [0.29, 0.717) is 5.75 Å². The average molecular weight is 425 g/mol. The second kappa shape index (κ2) is 9.10. The number of hydrogen-bond donors (Lipinski definition) is 1. The summed E-state index contributed by atoms with van der Waals surface area (Å²) in [5.74, 6) is 0.292. The van der Waals surface area contributed by atoms with Gasteiger partial charge in [0.15, 0.2) is 5.16 Å². The van der Waals surface area contributed by atoms with Gasteiger partial charge < -0.3 is 19.5 Å². The Hall–Kier alpha value is -2.51. The molecule has 0 bridgehead atoms. The maximum Gasteiger partial charge on any atom is 0.234 e. The van der Waals surface area contributed by atoms with E-state index in [1.807, 2.05) is 30.3 Å². The van der Waals surface area contributed by atoms with Crippen LogP contribution in [0.1, 0.15) is 20.8 Å². The number of morpholine rings is 1. The molecule has 2 atom stereocenters. The zero-order valence-electron chi connectivity index (χ0n) is 17.7. The van der Waals surface area contributed by atoms with Crippen molar-refractivity contribution in [2.75, 3.05) is 29.1 Å². The van der Waals surface area contributed by atoms with Gasteiger partial charge in [0.25, 0.3) is 0 Å². The molecule has 2 unspecified atom stereocenters. The predicted molar refractivity (Wildman–Crippen MR) is 123 cm³/mol. The second-order valence-electron chi connectivity index (χ2n) is 7.67. The quantitative estimate of drug-likeness (QED) is 0.595. The van der Waals surface area contributed by atoms with Gasteiger partial charge in [0, 0.05) is 31.0 Å². The van der Waals surface area contributed by atoms with Crippen LogP contribution in [0.3, 0.4) is 0 Å². The number of para-hydroxylation sites is 2. The zero-order chi connectivity index (χ0) is 21.1. The third-order valence-electron chi connectivity index (χ3n) is 5.20. The monoisotopic (exact) mass is 424 g/mol. The van der Waals surface area contributed by atoms with E-state index in [-0.39, 0.29) is 18.1 Å². The minimum Gasteiger partial charge on any atom is -0.372 e. The highest BCUT2D eigenvalue weighted by Gasteiger charge is 2.22. The molecule has 0 spiro atoms. The molecule has 2 heterocycles. The molecule has 0 saturated carbocycles. The molecule has 1 N–H and O–H groups in total. The first kappa shape index (κ1) is 20.8. The van der Waals surface area contributed by atoms with Gasteiger partial charge in [-0.1, -0.05) is 23.9 Å². The van der Waals surface area contributed by atoms with Gasteiger partial charge in [-0.05, 0) is 57.2 Å². The lowest BCUT2D eigenvalue weighted by molar-refractivity contribution is -0.113. The molecule has 1 aliphatic rings. The normalized spacial score (nSPS) is 19.2. The van der Waals surface area contributed by atoms with Crippen LogP contribution in [0.4, 0.5) is 11.4 Å². The second-order valence-corrected chi connectivity index (χ2v) is 8.62. The van der Waals surface area contributed by atoms with Crippen LogP contribution in [0.2, 0.25) is 0 Å². The number of rotatable bonds is 6. The number of carbonyl (C=O) groups is 1. The number of ether oxygens (including phenoxy) is 1. The van der Waals surface area contributed by atoms with Crippen LogP contribution >= 0.6 is 11.8 Å². The maximum absolute atomic E-state index is 12.5. The van der Waals surface area contributed by atoms with Crippen molar-refractivity contribution < 1.29 is 9.53 Å². The van der Waals surface area contributed by atoms with Crippen LogP contribution in [0.5, 0.6) is 0 Å². The SMILES string of the molecule is CCn1c(SCC(=O)Nc2ccc(N3CC(C)OC(C)C3)cc2)nc2ccccc21. The van der Waals surface area contributed by atoms with Gasteiger partial charge in [-0.2, -0.15) is 0 Å². The molecule has 4 rings (SSSR count). The van der Waals surface area contributed by atoms with Gasteiger partial charge in [0.05, 0.1) is 29.0 Å². The molecule has 158 valence electrons. The minimum absolute atomic E-state index is 0.0314. The van der Waals surface area contributed by atoms with Crippen molar-refractivity contribution in [2.45, 2.75) is 44.7 Å². The number of aromatic nitrogens is 2. The van der Waals surface area contributed by atoms with E-state index in [2.05, 4.69) is 58.7 Å². The predicted octanol–water partition coefficient (Wildman–Crippen LogP) is 4.40. The van der Waals surface area contributed by atoms with Crippen LogP contribution in [0.15, 0.2) is 53.7 Å². The molecule has 0 aliphatic carbocycles. The van der Waals surface area contributed by atoms with Crippen molar-refractivity contribution in [3.8, 4) is 0 Å². The zero-order valence-corrected chi connectivity index (χ0v) is 18.5. The van der Waals surface area contributed by atoms with Gasteiger partial charge in [-0.25, -0.2) is 4.98 Å². The van der Waals surface area contributed by atoms with E-state index < -0.39 is 0 Å². The number of anilines is 2. The van der Waals surface area contributed by atoms with E-state index in [4.69, 9.17) is 4.74 Å². The summed E-state index contributed by atoms with van der Waals surface area (Å²) in [7, 11) is 0. The standard InChI is InChI=1S/C23H28N4O2S/c1-4-27-21-8-6-5-7-20(21)25-23(27)30-15-22(28)24-18-9-11-19(12-10-18)26-13-16(2)29-17(3)14-26/h5-12,16-17H,4,13-15H2,1-3H3,(H,24,28). The van der Waals surface area contributed by atoms with Crippen LogP contribution in [-0.4, -0.2) is 46.5 Å². The Morgan fingerprint density at radius 1 is 1.13 bits per heavy atom. The Kier molecular flexibility index (Phi) is 6.29. The number of aryl methyl sites for hydroxylation is 1. The average Bonchev–Trinajstić information content (AvgIpc) is 3.09. The number of hydrogen-bond acceptors (Lipinski definition) is 5. The Bertz CT molecular complexity index is 1010. The Balaban J connectivity index is 1.35. The molecule has 0 radical (unpaired) electrons. The molecule has 6 nitrogen and oxygen atoms in total. The van der Waals surface area contributed by atoms with Crippen LogP contribution in [0.25, 0.3) is 11.0 Å². The van der Waals surface area contributed by atoms with Crippen molar-refractivity contribution in [1.82, 2.24) is 9.55 Å². The summed E-state index contributed by atoms with van der Waals surface area (Å²) in [5.41, 5.74) is 4.03. The number of carbonyl (C=O) groups excluding carboxylic acids is 1. The largest absolute Gasteiger partial charge is 0.372 e. The minimum atomic E-state index is -0.0314. The van der Waals surface area contributed by atoms with Crippen LogP contribution in [0, 0.1) is 0 Å². The van der Waals surface area contributed by atoms with Crippen molar-refractivity contribution >= 4 is 40.1 Å². The van der Waals surface area contributed by atoms with Gasteiger partial charge in [-0.15, -0.1) is 0 Å². The first-order chi connectivity index (χ1) is 14.5. The highest BCUT2D eigenvalue weighted by atomic mass is 32.2. The lowest BCUT2D eigenvalue weighted by Crippen LogP contribution is -2.45. The number of benzene rings is 2. The van der Waals surface area contributed by atoms with E-state index in [9.17, 15) is 4.79 Å². The lowest BCUT2D eigenvalue weighted by atomic mass is 10.2. The smallest absolute Gasteiger partial charge is 0.234 e. The van der Waals surface area contributed by atoms with Gasteiger partial charge >= 0.3 is 0 Å². The number of nitrogens with one attached hydrogen (secondary N) is 1. The molecule has 1 aliphatic heterocycles. The molecule has 3 aromatic rings. The maximum atomic E-state index is 12.5. The summed E-state index contributed by atoms with van der Waals surface area (Å²) in [6.07, 6.45) is 0.440. The Morgan fingerprint density at radius 3 is 2.53 bits per heavy atom. The molecular formula is C23H28N4O2S. The van der Waals surface area contributed by atoms with Crippen molar-refractivity contribution in [1.29, 1.82) is 0 Å². The number of nitrogens with zero attached hydrogens (tertiary/aromatic N) is 3. The molecule has 1 amide bonds. The summed E-state index contributed by atoms with van der Waals surface area (Å²) < 4.78 is 7.95. The molecule has 2 aromatic carbocycles. The first-order valence-electron chi connectivity index (χ1n) is 10.4. The van der Waals surface area contributed by atoms with Gasteiger partial charge in [0.2, 0.25) is 5.91 Å². The fourth-order valence-corrected chi connectivity index (χ4v) is 4.82. The third kappa shape index (κ3) is 4.63. The summed E-state index contributed by atoms with van der Waals surface area (Å²) in [4.78, 5) is 19.5. The number of fused-ring (bicyclic) bond motifs is 1. The fraction of sp³-hybridized carbons (Fsp3) is 0.391. The summed E-state index contributed by atoms with van der Waals surface area (Å²) in [6, 6.07) is 16.1. The molecule has 1 saturated heterocycles. The third-order valence-corrected chi connectivity index (χ3v) is 6.18. The van der Waals surface area contributed by atoms with Crippen molar-refractivity contribution in [3.63, 3.8) is 0 Å².